The van der Waals surface area contributed by atoms with Crippen LogP contribution in [0.15, 0.2) is 24.3 Å². The summed E-state index contributed by atoms with van der Waals surface area (Å²) in [5.74, 6) is -0.112. The van der Waals surface area contributed by atoms with Gasteiger partial charge in [-0.2, -0.15) is 0 Å². The number of rotatable bonds is 4. The molecule has 0 aromatic heterocycles. The number of benzene rings is 1. The van der Waals surface area contributed by atoms with Gasteiger partial charge in [0.1, 0.15) is 5.82 Å². The molecule has 1 aromatic rings. The Labute approximate surface area is 131 Å². The van der Waals surface area contributed by atoms with Crippen LogP contribution in [0.25, 0.3) is 0 Å². The van der Waals surface area contributed by atoms with Crippen LogP contribution in [-0.2, 0) is 4.79 Å². The number of carbonyl (C=O) groups excluding carboxylic acids is 1. The summed E-state index contributed by atoms with van der Waals surface area (Å²) in [7, 11) is 1.86. The van der Waals surface area contributed by atoms with Gasteiger partial charge in [-0.15, -0.1) is 12.4 Å². The maximum Gasteiger partial charge on any atom is 0.236 e. The molecule has 1 saturated heterocycles. The van der Waals surface area contributed by atoms with Crippen molar-refractivity contribution in [2.75, 3.05) is 39.8 Å². The van der Waals surface area contributed by atoms with Crippen molar-refractivity contribution in [3.63, 3.8) is 0 Å². The number of hydrogen-bond acceptors (Lipinski definition) is 3. The summed E-state index contributed by atoms with van der Waals surface area (Å²) >= 11 is 0. The van der Waals surface area contributed by atoms with E-state index in [0.29, 0.717) is 12.1 Å². The molecule has 0 saturated carbocycles. The molecular weight excluding hydrogens is 293 g/mol. The molecule has 1 aliphatic heterocycles. The van der Waals surface area contributed by atoms with Crippen LogP contribution in [-0.4, -0.2) is 55.5 Å². The van der Waals surface area contributed by atoms with Gasteiger partial charge in [-0.05, 0) is 20.0 Å². The Morgan fingerprint density at radius 3 is 2.62 bits per heavy atom. The van der Waals surface area contributed by atoms with Crippen molar-refractivity contribution in [1.29, 1.82) is 0 Å². The molecule has 1 amide bonds. The predicted molar refractivity (Wildman–Crippen MR) is 84.1 cm³/mol. The lowest BCUT2D eigenvalue weighted by Gasteiger charge is -2.31. The Balaban J connectivity index is 0.00000220. The molecule has 0 spiro atoms. The van der Waals surface area contributed by atoms with Crippen LogP contribution in [0.3, 0.4) is 0 Å². The molecule has 0 aliphatic carbocycles. The molecule has 6 heteroatoms. The van der Waals surface area contributed by atoms with Gasteiger partial charge in [0.15, 0.2) is 0 Å². The fourth-order valence-corrected chi connectivity index (χ4v) is 2.42. The quantitative estimate of drug-likeness (QED) is 0.918. The molecule has 1 fully saturated rings. The molecule has 21 heavy (non-hydrogen) atoms. The Kier molecular flexibility index (Phi) is 7.08. The lowest BCUT2D eigenvalue weighted by molar-refractivity contribution is -0.133. The van der Waals surface area contributed by atoms with E-state index in [9.17, 15) is 9.18 Å². The molecule has 0 radical (unpaired) electrons. The fraction of sp³-hybridized carbons (Fsp3) is 0.533. The van der Waals surface area contributed by atoms with Gasteiger partial charge in [0, 0.05) is 37.8 Å². The van der Waals surface area contributed by atoms with E-state index in [1.54, 1.807) is 12.1 Å². The first-order chi connectivity index (χ1) is 9.59. The lowest BCUT2D eigenvalue weighted by Crippen LogP contribution is -2.49. The third-order valence-electron chi connectivity index (χ3n) is 3.87. The van der Waals surface area contributed by atoms with Crippen molar-refractivity contribution in [2.24, 2.45) is 0 Å². The minimum Gasteiger partial charge on any atom is -0.339 e. The second-order valence-corrected chi connectivity index (χ2v) is 5.24. The summed E-state index contributed by atoms with van der Waals surface area (Å²) in [6.07, 6.45) is 0. The van der Waals surface area contributed by atoms with Crippen molar-refractivity contribution in [3.05, 3.63) is 35.6 Å². The number of halogens is 2. The summed E-state index contributed by atoms with van der Waals surface area (Å²) in [5, 5.41) is 3.22. The zero-order valence-corrected chi connectivity index (χ0v) is 13.3. The minimum atomic E-state index is -0.221. The number of nitrogens with one attached hydrogen (secondary N) is 1. The third kappa shape index (κ3) is 4.66. The Hall–Kier alpha value is -1.17. The molecule has 1 aliphatic rings. The van der Waals surface area contributed by atoms with E-state index in [2.05, 4.69) is 5.32 Å². The zero-order chi connectivity index (χ0) is 14.5. The van der Waals surface area contributed by atoms with Crippen LogP contribution in [0, 0.1) is 5.82 Å². The molecule has 1 atom stereocenters. The number of hydrogen-bond donors (Lipinski definition) is 1. The van der Waals surface area contributed by atoms with Gasteiger partial charge in [0.25, 0.3) is 0 Å². The fourth-order valence-electron chi connectivity index (χ4n) is 2.42. The van der Waals surface area contributed by atoms with E-state index in [4.69, 9.17) is 0 Å². The smallest absolute Gasteiger partial charge is 0.236 e. The van der Waals surface area contributed by atoms with Crippen LogP contribution in [0.5, 0.6) is 0 Å². The highest BCUT2D eigenvalue weighted by molar-refractivity contribution is 5.85. The van der Waals surface area contributed by atoms with Gasteiger partial charge < -0.3 is 10.2 Å². The topological polar surface area (TPSA) is 35.6 Å². The van der Waals surface area contributed by atoms with Gasteiger partial charge in [-0.1, -0.05) is 18.2 Å². The van der Waals surface area contributed by atoms with Gasteiger partial charge in [0.2, 0.25) is 5.91 Å². The second kappa shape index (κ2) is 8.32. The highest BCUT2D eigenvalue weighted by Gasteiger charge is 2.21. The van der Waals surface area contributed by atoms with Gasteiger partial charge >= 0.3 is 0 Å². The van der Waals surface area contributed by atoms with E-state index in [1.165, 1.54) is 6.07 Å². The van der Waals surface area contributed by atoms with Crippen LogP contribution in [0.2, 0.25) is 0 Å². The largest absolute Gasteiger partial charge is 0.339 e. The van der Waals surface area contributed by atoms with Gasteiger partial charge in [0.05, 0.1) is 6.54 Å². The highest BCUT2D eigenvalue weighted by Crippen LogP contribution is 2.21. The van der Waals surface area contributed by atoms with Crippen molar-refractivity contribution in [1.82, 2.24) is 15.1 Å². The normalized spacial score (nSPS) is 16.5. The number of nitrogens with zero attached hydrogens (tertiary/aromatic N) is 2. The molecule has 118 valence electrons. The Bertz CT molecular complexity index is 466. The predicted octanol–water partition coefficient (Wildman–Crippen LogP) is 1.67. The first-order valence-electron chi connectivity index (χ1n) is 7.02. The molecule has 1 N–H and O–H groups in total. The lowest BCUT2D eigenvalue weighted by atomic mass is 10.1. The van der Waals surface area contributed by atoms with E-state index in [0.717, 1.165) is 26.2 Å². The summed E-state index contributed by atoms with van der Waals surface area (Å²) < 4.78 is 13.8. The zero-order valence-electron chi connectivity index (χ0n) is 12.5. The highest BCUT2D eigenvalue weighted by atomic mass is 35.5. The Morgan fingerprint density at radius 2 is 2.00 bits per heavy atom. The summed E-state index contributed by atoms with van der Waals surface area (Å²) in [6.45, 7) is 5.43. The van der Waals surface area contributed by atoms with Crippen LogP contribution >= 0.6 is 12.4 Å². The van der Waals surface area contributed by atoms with E-state index < -0.39 is 0 Å². The minimum absolute atomic E-state index is 0. The van der Waals surface area contributed by atoms with Gasteiger partial charge in [-0.25, -0.2) is 4.39 Å². The first-order valence-corrected chi connectivity index (χ1v) is 7.02. The Morgan fingerprint density at radius 1 is 1.38 bits per heavy atom. The average Bonchev–Trinajstić information content (AvgIpc) is 2.48. The maximum atomic E-state index is 13.8. The van der Waals surface area contributed by atoms with E-state index >= 15 is 0 Å². The second-order valence-electron chi connectivity index (χ2n) is 5.24. The standard InChI is InChI=1S/C15H22FN3O.ClH/c1-12(13-5-3-4-6-14(13)16)18(2)11-15(20)19-9-7-17-8-10-19;/h3-6,12,17H,7-11H2,1-2H3;1H. The monoisotopic (exact) mass is 315 g/mol. The van der Waals surface area contributed by atoms with Crippen molar-refractivity contribution >= 4 is 18.3 Å². The molecule has 1 unspecified atom stereocenters. The van der Waals surface area contributed by atoms with E-state index in [-0.39, 0.29) is 30.2 Å². The van der Waals surface area contributed by atoms with Crippen LogP contribution in [0.4, 0.5) is 4.39 Å². The van der Waals surface area contributed by atoms with Crippen LogP contribution < -0.4 is 5.32 Å². The number of amides is 1. The number of carbonyl (C=O) groups is 1. The number of likely N-dealkylation sites (N-methyl/N-ethyl adjacent to an activating group) is 1. The molecule has 4 nitrogen and oxygen atoms in total. The van der Waals surface area contributed by atoms with Crippen molar-refractivity contribution in [2.45, 2.75) is 13.0 Å². The molecule has 1 aromatic carbocycles. The first kappa shape index (κ1) is 17.9. The van der Waals surface area contributed by atoms with Crippen LogP contribution in [0.1, 0.15) is 18.5 Å². The van der Waals surface area contributed by atoms with E-state index in [1.807, 2.05) is 29.8 Å². The van der Waals surface area contributed by atoms with Gasteiger partial charge in [-0.3, -0.25) is 9.69 Å². The van der Waals surface area contributed by atoms with Crippen molar-refractivity contribution < 1.29 is 9.18 Å². The summed E-state index contributed by atoms with van der Waals surface area (Å²) in [6, 6.07) is 6.60. The molecular formula is C15H23ClFN3O. The summed E-state index contributed by atoms with van der Waals surface area (Å²) in [4.78, 5) is 15.9. The van der Waals surface area contributed by atoms with Crippen molar-refractivity contribution in [3.8, 4) is 0 Å². The SMILES string of the molecule is CC(c1ccccc1F)N(C)CC(=O)N1CCNCC1.Cl. The average molecular weight is 316 g/mol. The summed E-state index contributed by atoms with van der Waals surface area (Å²) in [5.41, 5.74) is 0.628. The third-order valence-corrected chi connectivity index (χ3v) is 3.87. The number of piperazine rings is 1. The molecule has 2 rings (SSSR count). The molecule has 1 heterocycles. The maximum absolute atomic E-state index is 13.8. The molecule has 0 bridgehead atoms.